The molecule has 3 heterocycles. The van der Waals surface area contributed by atoms with E-state index >= 15 is 0 Å². The topological polar surface area (TPSA) is 71.2 Å². The van der Waals surface area contributed by atoms with Crippen LogP contribution in [0, 0.1) is 0 Å². The van der Waals surface area contributed by atoms with E-state index in [1.54, 1.807) is 0 Å². The van der Waals surface area contributed by atoms with E-state index < -0.39 is 0 Å². The molecule has 1 fully saturated rings. The number of nitrogens with two attached hydrogens (primary N) is 1. The van der Waals surface area contributed by atoms with Gasteiger partial charge < -0.3 is 10.6 Å². The fraction of sp³-hybridized carbons (Fsp3) is 0.471. The van der Waals surface area contributed by atoms with Gasteiger partial charge in [0.1, 0.15) is 5.82 Å². The van der Waals surface area contributed by atoms with Crippen molar-refractivity contribution in [1.29, 1.82) is 0 Å². The standard InChI is InChI=1S/C17H24N6/c1-2-15-12-20-17(18)21-16(15)23-8-4-7-22(9-10-23)13-14-5-3-6-19-11-14/h3,5-6,11-12H,2,4,7-10,13H2,1H3,(H2,18,20,21). The number of pyridine rings is 1. The van der Waals surface area contributed by atoms with Crippen LogP contribution < -0.4 is 10.6 Å². The summed E-state index contributed by atoms with van der Waals surface area (Å²) in [6, 6.07) is 4.13. The Hall–Kier alpha value is -2.21. The highest BCUT2D eigenvalue weighted by atomic mass is 15.3. The predicted octanol–water partition coefficient (Wildman–Crippen LogP) is 1.73. The van der Waals surface area contributed by atoms with E-state index in [1.807, 2.05) is 24.7 Å². The number of nitrogen functional groups attached to an aromatic ring is 1. The average molecular weight is 312 g/mol. The fourth-order valence-electron chi connectivity index (χ4n) is 3.02. The highest BCUT2D eigenvalue weighted by molar-refractivity contribution is 5.48. The molecule has 2 aromatic rings. The summed E-state index contributed by atoms with van der Waals surface area (Å²) < 4.78 is 0. The maximum Gasteiger partial charge on any atom is 0.221 e. The van der Waals surface area contributed by atoms with E-state index in [9.17, 15) is 0 Å². The Bertz CT molecular complexity index is 630. The van der Waals surface area contributed by atoms with E-state index in [0.717, 1.165) is 51.4 Å². The first-order valence-corrected chi connectivity index (χ1v) is 8.24. The monoisotopic (exact) mass is 312 g/mol. The van der Waals surface area contributed by atoms with Crippen LogP contribution in [0.4, 0.5) is 11.8 Å². The molecule has 122 valence electrons. The molecule has 0 saturated carbocycles. The van der Waals surface area contributed by atoms with Crippen molar-refractivity contribution in [3.05, 3.63) is 41.9 Å². The van der Waals surface area contributed by atoms with Gasteiger partial charge in [0.25, 0.3) is 0 Å². The van der Waals surface area contributed by atoms with Gasteiger partial charge in [-0.1, -0.05) is 13.0 Å². The molecule has 0 bridgehead atoms. The minimum Gasteiger partial charge on any atom is -0.368 e. The molecule has 0 amide bonds. The van der Waals surface area contributed by atoms with Crippen LogP contribution in [-0.4, -0.2) is 46.0 Å². The second kappa shape index (κ2) is 7.37. The molecule has 1 aliphatic rings. The third-order valence-corrected chi connectivity index (χ3v) is 4.26. The van der Waals surface area contributed by atoms with Crippen molar-refractivity contribution in [1.82, 2.24) is 19.9 Å². The summed E-state index contributed by atoms with van der Waals surface area (Å²) in [6.45, 7) is 7.16. The van der Waals surface area contributed by atoms with E-state index in [1.165, 1.54) is 11.1 Å². The summed E-state index contributed by atoms with van der Waals surface area (Å²) in [6.07, 6.45) is 7.66. The smallest absolute Gasteiger partial charge is 0.221 e. The molecule has 0 radical (unpaired) electrons. The number of hydrogen-bond acceptors (Lipinski definition) is 6. The van der Waals surface area contributed by atoms with Crippen molar-refractivity contribution in [3.8, 4) is 0 Å². The zero-order chi connectivity index (χ0) is 16.1. The number of rotatable bonds is 4. The third-order valence-electron chi connectivity index (χ3n) is 4.26. The van der Waals surface area contributed by atoms with Crippen LogP contribution in [-0.2, 0) is 13.0 Å². The molecule has 0 unspecified atom stereocenters. The number of hydrogen-bond donors (Lipinski definition) is 1. The van der Waals surface area contributed by atoms with Crippen molar-refractivity contribution in [3.63, 3.8) is 0 Å². The van der Waals surface area contributed by atoms with Gasteiger partial charge in [-0.3, -0.25) is 9.88 Å². The number of nitrogens with zero attached hydrogens (tertiary/aromatic N) is 5. The molecule has 0 spiro atoms. The van der Waals surface area contributed by atoms with E-state index in [2.05, 4.69) is 37.7 Å². The molecule has 0 atom stereocenters. The van der Waals surface area contributed by atoms with E-state index in [0.29, 0.717) is 5.95 Å². The first-order chi connectivity index (χ1) is 11.3. The molecule has 2 aromatic heterocycles. The van der Waals surface area contributed by atoms with Gasteiger partial charge in [-0.05, 0) is 24.5 Å². The predicted molar refractivity (Wildman–Crippen MR) is 92.2 cm³/mol. The highest BCUT2D eigenvalue weighted by Crippen LogP contribution is 2.20. The molecule has 1 aliphatic heterocycles. The molecule has 1 saturated heterocycles. The fourth-order valence-corrected chi connectivity index (χ4v) is 3.02. The van der Waals surface area contributed by atoms with Crippen LogP contribution in [0.3, 0.4) is 0 Å². The Morgan fingerprint density at radius 1 is 1.17 bits per heavy atom. The van der Waals surface area contributed by atoms with Crippen molar-refractivity contribution >= 4 is 11.8 Å². The lowest BCUT2D eigenvalue weighted by Gasteiger charge is -2.24. The van der Waals surface area contributed by atoms with Crippen molar-refractivity contribution in [2.24, 2.45) is 0 Å². The normalized spacial score (nSPS) is 16.3. The second-order valence-corrected chi connectivity index (χ2v) is 5.91. The van der Waals surface area contributed by atoms with E-state index in [-0.39, 0.29) is 0 Å². The summed E-state index contributed by atoms with van der Waals surface area (Å²) in [5, 5.41) is 0. The highest BCUT2D eigenvalue weighted by Gasteiger charge is 2.18. The molecule has 6 nitrogen and oxygen atoms in total. The Balaban J connectivity index is 1.68. The minimum absolute atomic E-state index is 0.355. The number of aromatic nitrogens is 3. The lowest BCUT2D eigenvalue weighted by Crippen LogP contribution is -2.31. The van der Waals surface area contributed by atoms with Gasteiger partial charge in [-0.2, -0.15) is 4.98 Å². The van der Waals surface area contributed by atoms with Crippen molar-refractivity contribution < 1.29 is 0 Å². The molecule has 23 heavy (non-hydrogen) atoms. The van der Waals surface area contributed by atoms with Crippen LogP contribution >= 0.6 is 0 Å². The SMILES string of the molecule is CCc1cnc(N)nc1N1CCCN(Cc2cccnc2)CC1. The lowest BCUT2D eigenvalue weighted by atomic mass is 10.2. The number of aryl methyl sites for hydroxylation is 1. The summed E-state index contributed by atoms with van der Waals surface area (Å²) in [5.41, 5.74) is 8.22. The summed E-state index contributed by atoms with van der Waals surface area (Å²) >= 11 is 0. The summed E-state index contributed by atoms with van der Waals surface area (Å²) in [7, 11) is 0. The van der Waals surface area contributed by atoms with Gasteiger partial charge in [-0.25, -0.2) is 4.98 Å². The Labute approximate surface area is 137 Å². The Kier molecular flexibility index (Phi) is 5.02. The maximum absolute atomic E-state index is 5.79. The lowest BCUT2D eigenvalue weighted by molar-refractivity contribution is 0.285. The molecular formula is C17H24N6. The first-order valence-electron chi connectivity index (χ1n) is 8.24. The number of anilines is 2. The quantitative estimate of drug-likeness (QED) is 0.927. The second-order valence-electron chi connectivity index (χ2n) is 5.91. The zero-order valence-corrected chi connectivity index (χ0v) is 13.6. The average Bonchev–Trinajstić information content (AvgIpc) is 2.81. The molecule has 2 N–H and O–H groups in total. The van der Waals surface area contributed by atoms with E-state index in [4.69, 9.17) is 5.73 Å². The summed E-state index contributed by atoms with van der Waals surface area (Å²) in [5.74, 6) is 1.36. The molecule has 0 aliphatic carbocycles. The molecule has 0 aromatic carbocycles. The molecule has 6 heteroatoms. The van der Waals surface area contributed by atoms with Gasteiger partial charge in [0, 0.05) is 56.9 Å². The van der Waals surface area contributed by atoms with Gasteiger partial charge in [0.15, 0.2) is 0 Å². The molecular weight excluding hydrogens is 288 g/mol. The van der Waals surface area contributed by atoms with Gasteiger partial charge in [0.05, 0.1) is 0 Å². The minimum atomic E-state index is 0.355. The van der Waals surface area contributed by atoms with Crippen LogP contribution in [0.2, 0.25) is 0 Å². The van der Waals surface area contributed by atoms with Gasteiger partial charge in [0.2, 0.25) is 5.95 Å². The van der Waals surface area contributed by atoms with Gasteiger partial charge in [-0.15, -0.1) is 0 Å². The van der Waals surface area contributed by atoms with Crippen molar-refractivity contribution in [2.75, 3.05) is 36.8 Å². The van der Waals surface area contributed by atoms with Crippen LogP contribution in [0.1, 0.15) is 24.5 Å². The van der Waals surface area contributed by atoms with Crippen LogP contribution in [0.5, 0.6) is 0 Å². The van der Waals surface area contributed by atoms with Crippen LogP contribution in [0.15, 0.2) is 30.7 Å². The first kappa shape index (κ1) is 15.7. The summed E-state index contributed by atoms with van der Waals surface area (Å²) in [4.78, 5) is 17.6. The third kappa shape index (κ3) is 3.96. The largest absolute Gasteiger partial charge is 0.368 e. The van der Waals surface area contributed by atoms with Crippen molar-refractivity contribution in [2.45, 2.75) is 26.3 Å². The van der Waals surface area contributed by atoms with Gasteiger partial charge >= 0.3 is 0 Å². The maximum atomic E-state index is 5.79. The Morgan fingerprint density at radius 3 is 2.87 bits per heavy atom. The molecule has 3 rings (SSSR count). The zero-order valence-electron chi connectivity index (χ0n) is 13.6. The Morgan fingerprint density at radius 2 is 2.09 bits per heavy atom. The van der Waals surface area contributed by atoms with Crippen LogP contribution in [0.25, 0.3) is 0 Å².